The van der Waals surface area contributed by atoms with E-state index < -0.39 is 22.3 Å². The molecule has 1 heterocycles. The number of hydrazone groups is 1. The highest BCUT2D eigenvalue weighted by Crippen LogP contribution is 2.25. The van der Waals surface area contributed by atoms with Gasteiger partial charge in [0.05, 0.1) is 22.4 Å². The number of amides is 1. The number of carbonyl (C=O) groups excluding carboxylic acids is 1. The average molecular weight is 350 g/mol. The van der Waals surface area contributed by atoms with E-state index in [1.807, 2.05) is 41.2 Å². The minimum absolute atomic E-state index is 0.369. The summed E-state index contributed by atoms with van der Waals surface area (Å²) >= 11 is 0. The van der Waals surface area contributed by atoms with Crippen LogP contribution in [-0.2, 0) is 0 Å². The molecule has 0 fully saturated rings. The third-order valence-electron chi connectivity index (χ3n) is 3.61. The summed E-state index contributed by atoms with van der Waals surface area (Å²) < 4.78 is 1.81. The molecule has 130 valence electrons. The molecule has 1 amide bonds. The van der Waals surface area contributed by atoms with E-state index in [1.54, 1.807) is 12.1 Å². The zero-order valence-electron chi connectivity index (χ0n) is 13.4. The number of phenols is 1. The number of aromatic nitrogens is 1. The first-order valence-corrected chi connectivity index (χ1v) is 7.59. The van der Waals surface area contributed by atoms with Gasteiger partial charge in [0.2, 0.25) is 0 Å². The average Bonchev–Trinajstić information content (AvgIpc) is 3.17. The van der Waals surface area contributed by atoms with Crippen LogP contribution < -0.4 is 5.43 Å². The largest absolute Gasteiger partial charge is 0.502 e. The first kappa shape index (κ1) is 16.9. The number of nitrogens with one attached hydrogen (secondary N) is 1. The molecule has 0 saturated heterocycles. The smallest absolute Gasteiger partial charge is 0.311 e. The molecule has 0 unspecified atom stereocenters. The molecule has 0 aliphatic carbocycles. The maximum absolute atomic E-state index is 12.4. The van der Waals surface area contributed by atoms with Gasteiger partial charge in [0.1, 0.15) is 0 Å². The summed E-state index contributed by atoms with van der Waals surface area (Å²) in [5.41, 5.74) is 3.46. The number of aromatic hydroxyl groups is 1. The molecule has 0 aliphatic rings. The molecule has 0 aliphatic heterocycles. The SMILES string of the molecule is O=C(NN=Cc1ccc(O)c([N+](=O)[O-])c1)c1ccccc1-n1cccc1. The Kier molecular flexibility index (Phi) is 4.75. The van der Waals surface area contributed by atoms with Gasteiger partial charge in [0.15, 0.2) is 5.75 Å². The van der Waals surface area contributed by atoms with Gasteiger partial charge in [-0.2, -0.15) is 5.10 Å². The zero-order valence-corrected chi connectivity index (χ0v) is 13.4. The fraction of sp³-hybridized carbons (Fsp3) is 0. The summed E-state index contributed by atoms with van der Waals surface area (Å²) in [5.74, 6) is -0.851. The van der Waals surface area contributed by atoms with E-state index in [0.29, 0.717) is 16.8 Å². The van der Waals surface area contributed by atoms with Gasteiger partial charge >= 0.3 is 5.69 Å². The predicted octanol–water partition coefficient (Wildman–Crippen LogP) is 2.86. The van der Waals surface area contributed by atoms with Crippen molar-refractivity contribution in [2.75, 3.05) is 0 Å². The number of nitro benzene ring substituents is 1. The van der Waals surface area contributed by atoms with Crippen LogP contribution in [0.5, 0.6) is 5.75 Å². The van der Waals surface area contributed by atoms with E-state index >= 15 is 0 Å². The molecule has 3 rings (SSSR count). The van der Waals surface area contributed by atoms with Crippen molar-refractivity contribution in [3.05, 3.63) is 88.2 Å². The highest BCUT2D eigenvalue weighted by Gasteiger charge is 2.13. The molecule has 0 atom stereocenters. The minimum atomic E-state index is -0.696. The number of carbonyl (C=O) groups is 1. The maximum Gasteiger partial charge on any atom is 0.311 e. The number of nitro groups is 1. The Morgan fingerprint density at radius 2 is 1.88 bits per heavy atom. The number of hydrogen-bond acceptors (Lipinski definition) is 5. The Labute approximate surface area is 148 Å². The van der Waals surface area contributed by atoms with E-state index in [2.05, 4.69) is 10.5 Å². The van der Waals surface area contributed by atoms with Crippen LogP contribution in [0.15, 0.2) is 72.1 Å². The molecule has 0 spiro atoms. The van der Waals surface area contributed by atoms with Gasteiger partial charge in [-0.1, -0.05) is 12.1 Å². The Hall–Kier alpha value is -3.94. The molecular formula is C18H14N4O4. The fourth-order valence-corrected chi connectivity index (χ4v) is 2.38. The lowest BCUT2D eigenvalue weighted by Crippen LogP contribution is -2.19. The second kappa shape index (κ2) is 7.31. The highest BCUT2D eigenvalue weighted by atomic mass is 16.6. The molecule has 0 bridgehead atoms. The van der Waals surface area contributed by atoms with Crippen LogP contribution >= 0.6 is 0 Å². The summed E-state index contributed by atoms with van der Waals surface area (Å²) in [6.07, 6.45) is 4.92. The van der Waals surface area contributed by atoms with Crippen LogP contribution in [0.25, 0.3) is 5.69 Å². The van der Waals surface area contributed by atoms with Gasteiger partial charge in [-0.15, -0.1) is 0 Å². The molecule has 1 aromatic heterocycles. The summed E-state index contributed by atoms with van der Waals surface area (Å²) in [4.78, 5) is 22.5. The summed E-state index contributed by atoms with van der Waals surface area (Å²) in [5, 5.41) is 24.1. The number of nitrogens with zero attached hydrogens (tertiary/aromatic N) is 3. The van der Waals surface area contributed by atoms with Crippen LogP contribution in [0.4, 0.5) is 5.69 Å². The molecule has 2 N–H and O–H groups in total. The highest BCUT2D eigenvalue weighted by molar-refractivity contribution is 5.98. The lowest BCUT2D eigenvalue weighted by atomic mass is 10.1. The lowest BCUT2D eigenvalue weighted by molar-refractivity contribution is -0.385. The van der Waals surface area contributed by atoms with Gasteiger partial charge in [0, 0.05) is 24.0 Å². The molecule has 26 heavy (non-hydrogen) atoms. The number of rotatable bonds is 5. The van der Waals surface area contributed by atoms with E-state index in [1.165, 1.54) is 24.4 Å². The van der Waals surface area contributed by atoms with Crippen molar-refractivity contribution < 1.29 is 14.8 Å². The molecular weight excluding hydrogens is 336 g/mol. The molecule has 3 aromatic rings. The third kappa shape index (κ3) is 3.59. The molecule has 8 heteroatoms. The van der Waals surface area contributed by atoms with Crippen molar-refractivity contribution in [3.63, 3.8) is 0 Å². The first-order chi connectivity index (χ1) is 12.6. The third-order valence-corrected chi connectivity index (χ3v) is 3.61. The van der Waals surface area contributed by atoms with E-state index in [0.717, 1.165) is 0 Å². The quantitative estimate of drug-likeness (QED) is 0.419. The Morgan fingerprint density at radius 1 is 1.15 bits per heavy atom. The second-order valence-electron chi connectivity index (χ2n) is 5.31. The van der Waals surface area contributed by atoms with Gasteiger partial charge in [0.25, 0.3) is 5.91 Å². The Morgan fingerprint density at radius 3 is 2.62 bits per heavy atom. The van der Waals surface area contributed by atoms with E-state index in [9.17, 15) is 20.0 Å². The molecule has 0 saturated carbocycles. The van der Waals surface area contributed by atoms with Crippen molar-refractivity contribution in [2.24, 2.45) is 5.10 Å². The van der Waals surface area contributed by atoms with Crippen LogP contribution in [0.2, 0.25) is 0 Å². The number of benzene rings is 2. The standard InChI is InChI=1S/C18H14N4O4/c23-17-8-7-13(11-16(17)22(25)26)12-19-20-18(24)14-5-1-2-6-15(14)21-9-3-4-10-21/h1-12,23H,(H,20,24). The van der Waals surface area contributed by atoms with Crippen LogP contribution in [0.1, 0.15) is 15.9 Å². The van der Waals surface area contributed by atoms with Crippen molar-refractivity contribution in [3.8, 4) is 11.4 Å². The van der Waals surface area contributed by atoms with Crippen LogP contribution in [0, 0.1) is 10.1 Å². The van der Waals surface area contributed by atoms with Crippen LogP contribution in [0.3, 0.4) is 0 Å². The fourth-order valence-electron chi connectivity index (χ4n) is 2.38. The van der Waals surface area contributed by atoms with Crippen LogP contribution in [-0.4, -0.2) is 26.7 Å². The van der Waals surface area contributed by atoms with E-state index in [-0.39, 0.29) is 0 Å². The van der Waals surface area contributed by atoms with E-state index in [4.69, 9.17) is 0 Å². The van der Waals surface area contributed by atoms with Crippen molar-refractivity contribution in [2.45, 2.75) is 0 Å². The van der Waals surface area contributed by atoms with Crippen molar-refractivity contribution in [1.82, 2.24) is 9.99 Å². The Balaban J connectivity index is 1.77. The predicted molar refractivity (Wildman–Crippen MR) is 95.6 cm³/mol. The van der Waals surface area contributed by atoms with Gasteiger partial charge < -0.3 is 9.67 Å². The minimum Gasteiger partial charge on any atom is -0.502 e. The normalized spacial score (nSPS) is 10.8. The Bertz CT molecular complexity index is 981. The molecule has 2 aromatic carbocycles. The number of phenolic OH excluding ortho intramolecular Hbond substituents is 1. The van der Waals surface area contributed by atoms with Crippen molar-refractivity contribution >= 4 is 17.8 Å². The summed E-state index contributed by atoms with van der Waals surface area (Å²) in [6, 6.07) is 14.6. The van der Waals surface area contributed by atoms with Crippen molar-refractivity contribution in [1.29, 1.82) is 0 Å². The number of para-hydroxylation sites is 1. The van der Waals surface area contributed by atoms with Gasteiger partial charge in [-0.25, -0.2) is 5.43 Å². The second-order valence-corrected chi connectivity index (χ2v) is 5.31. The maximum atomic E-state index is 12.4. The summed E-state index contributed by atoms with van der Waals surface area (Å²) in [7, 11) is 0. The topological polar surface area (TPSA) is 110 Å². The molecule has 8 nitrogen and oxygen atoms in total. The van der Waals surface area contributed by atoms with Gasteiger partial charge in [-0.3, -0.25) is 14.9 Å². The summed E-state index contributed by atoms with van der Waals surface area (Å²) in [6.45, 7) is 0. The zero-order chi connectivity index (χ0) is 18.5. The number of hydrogen-bond donors (Lipinski definition) is 2. The lowest BCUT2D eigenvalue weighted by Gasteiger charge is -2.08. The monoisotopic (exact) mass is 350 g/mol. The molecule has 0 radical (unpaired) electrons. The van der Waals surface area contributed by atoms with Gasteiger partial charge in [-0.05, 0) is 36.4 Å². The first-order valence-electron chi connectivity index (χ1n) is 7.59.